The van der Waals surface area contributed by atoms with Gasteiger partial charge in [-0.1, -0.05) is 26.7 Å². The van der Waals surface area contributed by atoms with E-state index in [1.165, 1.54) is 29.0 Å². The molecule has 17 heavy (non-hydrogen) atoms. The lowest BCUT2D eigenvalue weighted by Crippen LogP contribution is -2.30. The van der Waals surface area contributed by atoms with Crippen molar-refractivity contribution in [3.8, 4) is 0 Å². The molecule has 0 amide bonds. The van der Waals surface area contributed by atoms with Crippen LogP contribution in [0.2, 0.25) is 0 Å². The minimum atomic E-state index is -0.430. The molecule has 0 saturated heterocycles. The van der Waals surface area contributed by atoms with E-state index in [0.29, 0.717) is 0 Å². The Balaban J connectivity index is 2.00. The maximum atomic E-state index is 10.7. The highest BCUT2D eigenvalue weighted by Crippen LogP contribution is 2.34. The molecule has 96 valence electrons. The summed E-state index contributed by atoms with van der Waals surface area (Å²) in [5.41, 5.74) is -0.430. The molecule has 1 fully saturated rings. The summed E-state index contributed by atoms with van der Waals surface area (Å²) in [6.07, 6.45) is 7.59. The summed E-state index contributed by atoms with van der Waals surface area (Å²) in [4.78, 5) is 2.80. The summed E-state index contributed by atoms with van der Waals surface area (Å²) in [5, 5.41) is 10.7. The minimum Gasteiger partial charge on any atom is -0.390 e. The first kappa shape index (κ1) is 13.1. The van der Waals surface area contributed by atoms with Gasteiger partial charge in [-0.2, -0.15) is 0 Å². The Labute approximate surface area is 109 Å². The molecule has 0 aromatic carbocycles. The summed E-state index contributed by atoms with van der Waals surface area (Å²) >= 11 is 1.87. The van der Waals surface area contributed by atoms with Gasteiger partial charge in [0.15, 0.2) is 0 Å². The predicted molar refractivity (Wildman–Crippen MR) is 74.6 cm³/mol. The second-order valence-corrected chi connectivity index (χ2v) is 6.91. The van der Waals surface area contributed by atoms with Crippen molar-refractivity contribution in [2.24, 2.45) is 5.92 Å². The number of hydrogen-bond acceptors (Lipinski definition) is 2. The van der Waals surface area contributed by atoms with Gasteiger partial charge in [-0.15, -0.1) is 11.3 Å². The van der Waals surface area contributed by atoms with E-state index in [1.807, 2.05) is 11.3 Å². The maximum Gasteiger partial charge on any atom is 0.0696 e. The van der Waals surface area contributed by atoms with E-state index in [1.54, 1.807) is 0 Å². The largest absolute Gasteiger partial charge is 0.390 e. The van der Waals surface area contributed by atoms with Gasteiger partial charge >= 0.3 is 0 Å². The molecule has 2 heteroatoms. The van der Waals surface area contributed by atoms with E-state index in [2.05, 4.69) is 26.0 Å². The van der Waals surface area contributed by atoms with Gasteiger partial charge in [-0.3, -0.25) is 0 Å². The van der Waals surface area contributed by atoms with Crippen LogP contribution in [0.25, 0.3) is 0 Å². The third-order valence-electron chi connectivity index (χ3n) is 4.01. The molecule has 1 nitrogen and oxygen atoms in total. The monoisotopic (exact) mass is 252 g/mol. The molecule has 0 bridgehead atoms. The summed E-state index contributed by atoms with van der Waals surface area (Å²) < 4.78 is 0. The fourth-order valence-electron chi connectivity index (χ4n) is 2.77. The number of aliphatic hydroxyl groups is 1. The van der Waals surface area contributed by atoms with Crippen LogP contribution in [-0.4, -0.2) is 10.7 Å². The standard InChI is InChI=1S/C15H24OS/c1-3-13-6-7-14(17-13)11-15(16)9-4-5-12(2)8-10-15/h6-7,12,16H,3-5,8-11H2,1-2H3. The molecular formula is C15H24OS. The lowest BCUT2D eigenvalue weighted by molar-refractivity contribution is 0.0251. The zero-order valence-corrected chi connectivity index (χ0v) is 11.9. The summed E-state index contributed by atoms with van der Waals surface area (Å²) in [6, 6.07) is 4.42. The minimum absolute atomic E-state index is 0.430. The van der Waals surface area contributed by atoms with Crippen molar-refractivity contribution in [2.45, 2.75) is 64.4 Å². The van der Waals surface area contributed by atoms with Crippen LogP contribution in [0.3, 0.4) is 0 Å². The van der Waals surface area contributed by atoms with E-state index in [0.717, 1.165) is 31.6 Å². The zero-order chi connectivity index (χ0) is 12.3. The molecule has 1 saturated carbocycles. The Morgan fingerprint density at radius 1 is 1.29 bits per heavy atom. The SMILES string of the molecule is CCc1ccc(CC2(O)CCCC(C)CC2)s1. The summed E-state index contributed by atoms with van der Waals surface area (Å²) in [5.74, 6) is 0.790. The first-order valence-corrected chi connectivity index (χ1v) is 7.73. The molecule has 0 radical (unpaired) electrons. The normalized spacial score (nSPS) is 30.2. The second kappa shape index (κ2) is 5.53. The van der Waals surface area contributed by atoms with Crippen LogP contribution in [-0.2, 0) is 12.8 Å². The van der Waals surface area contributed by atoms with Crippen molar-refractivity contribution in [1.82, 2.24) is 0 Å². The van der Waals surface area contributed by atoms with Crippen molar-refractivity contribution < 1.29 is 5.11 Å². The average Bonchev–Trinajstić information content (AvgIpc) is 2.67. The average molecular weight is 252 g/mol. The highest BCUT2D eigenvalue weighted by atomic mass is 32.1. The van der Waals surface area contributed by atoms with Gasteiger partial charge in [0.2, 0.25) is 0 Å². The Morgan fingerprint density at radius 2 is 2.06 bits per heavy atom. The topological polar surface area (TPSA) is 20.2 Å². The van der Waals surface area contributed by atoms with Gasteiger partial charge in [-0.05, 0) is 43.7 Å². The quantitative estimate of drug-likeness (QED) is 0.800. The number of thiophene rings is 1. The van der Waals surface area contributed by atoms with Crippen LogP contribution in [0, 0.1) is 5.92 Å². The van der Waals surface area contributed by atoms with E-state index in [-0.39, 0.29) is 0 Å². The molecule has 0 spiro atoms. The molecule has 0 aliphatic heterocycles. The van der Waals surface area contributed by atoms with E-state index in [9.17, 15) is 5.11 Å². The Hall–Kier alpha value is -0.340. The summed E-state index contributed by atoms with van der Waals surface area (Å²) in [6.45, 7) is 4.50. The molecule has 2 atom stereocenters. The third kappa shape index (κ3) is 3.56. The molecule has 2 unspecified atom stereocenters. The fraction of sp³-hybridized carbons (Fsp3) is 0.733. The van der Waals surface area contributed by atoms with Crippen LogP contribution in [0.15, 0.2) is 12.1 Å². The van der Waals surface area contributed by atoms with E-state index >= 15 is 0 Å². The van der Waals surface area contributed by atoms with Crippen LogP contribution < -0.4 is 0 Å². The predicted octanol–water partition coefficient (Wildman–Crippen LogP) is 4.18. The number of rotatable bonds is 3. The van der Waals surface area contributed by atoms with Gasteiger partial charge in [-0.25, -0.2) is 0 Å². The molecule has 1 aliphatic carbocycles. The van der Waals surface area contributed by atoms with Gasteiger partial charge in [0.25, 0.3) is 0 Å². The van der Waals surface area contributed by atoms with E-state index in [4.69, 9.17) is 0 Å². The van der Waals surface area contributed by atoms with Crippen molar-refractivity contribution in [3.05, 3.63) is 21.9 Å². The van der Waals surface area contributed by atoms with Crippen LogP contribution in [0.4, 0.5) is 0 Å². The van der Waals surface area contributed by atoms with Gasteiger partial charge in [0.05, 0.1) is 5.60 Å². The molecule has 2 rings (SSSR count). The first-order chi connectivity index (χ1) is 8.11. The Kier molecular flexibility index (Phi) is 4.26. The number of hydrogen-bond donors (Lipinski definition) is 1. The van der Waals surface area contributed by atoms with Gasteiger partial charge in [0, 0.05) is 16.2 Å². The first-order valence-electron chi connectivity index (χ1n) is 6.91. The number of aryl methyl sites for hydroxylation is 1. The Morgan fingerprint density at radius 3 is 2.76 bits per heavy atom. The van der Waals surface area contributed by atoms with Crippen molar-refractivity contribution in [1.29, 1.82) is 0 Å². The lowest BCUT2D eigenvalue weighted by atomic mass is 9.90. The maximum absolute atomic E-state index is 10.7. The summed E-state index contributed by atoms with van der Waals surface area (Å²) in [7, 11) is 0. The molecule has 1 heterocycles. The molecule has 1 aromatic rings. The highest BCUT2D eigenvalue weighted by Gasteiger charge is 2.30. The van der Waals surface area contributed by atoms with Gasteiger partial charge in [0.1, 0.15) is 0 Å². The smallest absolute Gasteiger partial charge is 0.0696 e. The van der Waals surface area contributed by atoms with Crippen molar-refractivity contribution in [2.75, 3.05) is 0 Å². The molecule has 1 aromatic heterocycles. The third-order valence-corrected chi connectivity index (χ3v) is 5.24. The lowest BCUT2D eigenvalue weighted by Gasteiger charge is -2.26. The zero-order valence-electron chi connectivity index (χ0n) is 11.0. The van der Waals surface area contributed by atoms with Gasteiger partial charge < -0.3 is 5.11 Å². The molecule has 1 N–H and O–H groups in total. The van der Waals surface area contributed by atoms with Crippen LogP contribution in [0.5, 0.6) is 0 Å². The van der Waals surface area contributed by atoms with Crippen molar-refractivity contribution in [3.63, 3.8) is 0 Å². The van der Waals surface area contributed by atoms with Crippen LogP contribution >= 0.6 is 11.3 Å². The molecular weight excluding hydrogens is 228 g/mol. The second-order valence-electron chi connectivity index (χ2n) is 5.66. The van der Waals surface area contributed by atoms with E-state index < -0.39 is 5.60 Å². The van der Waals surface area contributed by atoms with Crippen LogP contribution in [0.1, 0.15) is 55.7 Å². The highest BCUT2D eigenvalue weighted by molar-refractivity contribution is 7.12. The Bertz CT molecular complexity index is 358. The fourth-order valence-corrected chi connectivity index (χ4v) is 3.87. The molecule has 1 aliphatic rings. The van der Waals surface area contributed by atoms with Crippen molar-refractivity contribution >= 4 is 11.3 Å².